The van der Waals surface area contributed by atoms with Gasteiger partial charge in [-0.15, -0.1) is 0 Å². The summed E-state index contributed by atoms with van der Waals surface area (Å²) in [4.78, 5) is 23.0. The van der Waals surface area contributed by atoms with E-state index < -0.39 is 11.9 Å². The van der Waals surface area contributed by atoms with Crippen molar-refractivity contribution in [1.82, 2.24) is 10.6 Å². The van der Waals surface area contributed by atoms with Crippen LogP contribution in [0.2, 0.25) is 0 Å². The van der Waals surface area contributed by atoms with Gasteiger partial charge in [0.25, 0.3) is 5.91 Å². The maximum absolute atomic E-state index is 12.1. The third-order valence-corrected chi connectivity index (χ3v) is 3.84. The van der Waals surface area contributed by atoms with Gasteiger partial charge in [0, 0.05) is 11.3 Å². The van der Waals surface area contributed by atoms with Gasteiger partial charge in [0.1, 0.15) is 0 Å². The van der Waals surface area contributed by atoms with Crippen molar-refractivity contribution in [2.45, 2.75) is 26.8 Å². The van der Waals surface area contributed by atoms with Gasteiger partial charge >= 0.3 is 0 Å². The number of nitrogens with two attached hydrogens (primary N) is 1. The number of primary amides is 1. The Morgan fingerprint density at radius 2 is 2.00 bits per heavy atom. The van der Waals surface area contributed by atoms with Crippen molar-refractivity contribution in [2.75, 3.05) is 13.2 Å². The normalized spacial score (nSPS) is 16.8. The number of ether oxygens (including phenoxy) is 2. The second-order valence-corrected chi connectivity index (χ2v) is 5.93. The SMILES string of the molecule is CCOc1cc([C@@H]2NC(=S)NC(C)=C2C(C)=O)ccc1OCC(N)=O. The van der Waals surface area contributed by atoms with Crippen LogP contribution < -0.4 is 25.8 Å². The summed E-state index contributed by atoms with van der Waals surface area (Å²) in [6, 6.07) is 4.85. The first-order chi connectivity index (χ1) is 11.8. The van der Waals surface area contributed by atoms with Gasteiger partial charge in [0.05, 0.1) is 12.6 Å². The van der Waals surface area contributed by atoms with Crippen LogP contribution in [0.15, 0.2) is 29.5 Å². The molecule has 134 valence electrons. The number of benzene rings is 1. The maximum atomic E-state index is 12.1. The highest BCUT2D eigenvalue weighted by Gasteiger charge is 2.28. The molecule has 4 N–H and O–H groups in total. The Morgan fingerprint density at radius 3 is 2.60 bits per heavy atom. The summed E-state index contributed by atoms with van der Waals surface area (Å²) in [6.07, 6.45) is 0. The summed E-state index contributed by atoms with van der Waals surface area (Å²) >= 11 is 5.20. The van der Waals surface area contributed by atoms with E-state index in [1.807, 2.05) is 13.8 Å². The number of amides is 1. The number of ketones is 1. The lowest BCUT2D eigenvalue weighted by molar-refractivity contribution is -0.120. The van der Waals surface area contributed by atoms with E-state index in [4.69, 9.17) is 27.4 Å². The topological polar surface area (TPSA) is 103 Å². The lowest BCUT2D eigenvalue weighted by Gasteiger charge is -2.30. The minimum absolute atomic E-state index is 0.0583. The van der Waals surface area contributed by atoms with Crippen molar-refractivity contribution in [3.63, 3.8) is 0 Å². The van der Waals surface area contributed by atoms with Crippen molar-refractivity contribution in [2.24, 2.45) is 5.73 Å². The van der Waals surface area contributed by atoms with Gasteiger partial charge < -0.3 is 25.8 Å². The summed E-state index contributed by atoms with van der Waals surface area (Å²) in [6.45, 7) is 5.34. The van der Waals surface area contributed by atoms with Gasteiger partial charge in [-0.1, -0.05) is 6.07 Å². The average Bonchev–Trinajstić information content (AvgIpc) is 2.52. The number of carbonyl (C=O) groups excluding carboxylic acids is 2. The molecule has 25 heavy (non-hydrogen) atoms. The number of thiocarbonyl (C=S) groups is 1. The highest BCUT2D eigenvalue weighted by Crippen LogP contribution is 2.34. The number of nitrogens with one attached hydrogen (secondary N) is 2. The van der Waals surface area contributed by atoms with Crippen molar-refractivity contribution < 1.29 is 19.1 Å². The van der Waals surface area contributed by atoms with Crippen LogP contribution in [0.3, 0.4) is 0 Å². The molecular weight excluding hydrogens is 342 g/mol. The highest BCUT2D eigenvalue weighted by molar-refractivity contribution is 7.80. The molecule has 0 unspecified atom stereocenters. The summed E-state index contributed by atoms with van der Waals surface area (Å²) in [5.74, 6) is 0.241. The highest BCUT2D eigenvalue weighted by atomic mass is 32.1. The zero-order chi connectivity index (χ0) is 18.6. The number of rotatable bonds is 7. The Morgan fingerprint density at radius 1 is 1.28 bits per heavy atom. The molecule has 1 atom stereocenters. The average molecular weight is 363 g/mol. The smallest absolute Gasteiger partial charge is 0.255 e. The zero-order valence-electron chi connectivity index (χ0n) is 14.3. The molecule has 8 heteroatoms. The van der Waals surface area contributed by atoms with Crippen molar-refractivity contribution in [1.29, 1.82) is 0 Å². The molecule has 0 radical (unpaired) electrons. The van der Waals surface area contributed by atoms with Crippen molar-refractivity contribution >= 4 is 29.0 Å². The monoisotopic (exact) mass is 363 g/mol. The molecule has 1 amide bonds. The van der Waals surface area contributed by atoms with E-state index in [1.165, 1.54) is 6.92 Å². The molecule has 0 saturated carbocycles. The Bertz CT molecular complexity index is 745. The molecule has 0 saturated heterocycles. The molecule has 0 fully saturated rings. The zero-order valence-corrected chi connectivity index (χ0v) is 15.2. The lowest BCUT2D eigenvalue weighted by Crippen LogP contribution is -2.44. The first kappa shape index (κ1) is 18.7. The van der Waals surface area contributed by atoms with Crippen LogP contribution in [0.1, 0.15) is 32.4 Å². The fourth-order valence-electron chi connectivity index (χ4n) is 2.65. The summed E-state index contributed by atoms with van der Waals surface area (Å²) in [5, 5.41) is 6.51. The first-order valence-electron chi connectivity index (χ1n) is 7.80. The number of hydrogen-bond acceptors (Lipinski definition) is 5. The number of carbonyl (C=O) groups is 2. The summed E-state index contributed by atoms with van der Waals surface area (Å²) < 4.78 is 11.0. The molecular formula is C17H21N3O4S. The Balaban J connectivity index is 2.42. The minimum Gasteiger partial charge on any atom is -0.490 e. The molecule has 0 spiro atoms. The predicted molar refractivity (Wildman–Crippen MR) is 97.3 cm³/mol. The van der Waals surface area contributed by atoms with Gasteiger partial charge in [-0.25, -0.2) is 0 Å². The third kappa shape index (κ3) is 4.48. The van der Waals surface area contributed by atoms with Crippen LogP contribution in [-0.2, 0) is 9.59 Å². The van der Waals surface area contributed by atoms with Gasteiger partial charge in [0.15, 0.2) is 29.0 Å². The van der Waals surface area contributed by atoms with E-state index in [9.17, 15) is 9.59 Å². The number of allylic oxidation sites excluding steroid dienone is 1. The summed E-state index contributed by atoms with van der Waals surface area (Å²) in [5.41, 5.74) is 7.22. The van der Waals surface area contributed by atoms with E-state index in [-0.39, 0.29) is 12.4 Å². The second kappa shape index (κ2) is 7.98. The van der Waals surface area contributed by atoms with E-state index in [0.29, 0.717) is 34.5 Å². The van der Waals surface area contributed by atoms with Crippen LogP contribution in [0.5, 0.6) is 11.5 Å². The van der Waals surface area contributed by atoms with Crippen molar-refractivity contribution in [3.8, 4) is 11.5 Å². The van der Waals surface area contributed by atoms with Gasteiger partial charge in [-0.3, -0.25) is 9.59 Å². The molecule has 1 aromatic carbocycles. The van der Waals surface area contributed by atoms with Crippen LogP contribution in [0, 0.1) is 0 Å². The quantitative estimate of drug-likeness (QED) is 0.628. The standard InChI is InChI=1S/C17H21N3O4S/c1-4-23-13-7-11(5-6-12(13)24-8-14(18)22)16-15(10(3)21)9(2)19-17(25)20-16/h5-7,16H,4,8H2,1-3H3,(H2,18,22)(H2,19,20,25)/t16-/m0/s1. The fourth-order valence-corrected chi connectivity index (χ4v) is 2.92. The summed E-state index contributed by atoms with van der Waals surface area (Å²) in [7, 11) is 0. The molecule has 0 aliphatic carbocycles. The van der Waals surface area contributed by atoms with Crippen LogP contribution >= 0.6 is 12.2 Å². The Labute approximate surface area is 151 Å². The van der Waals surface area contributed by atoms with Crippen LogP contribution in [0.25, 0.3) is 0 Å². The third-order valence-electron chi connectivity index (χ3n) is 3.62. The van der Waals surface area contributed by atoms with Gasteiger partial charge in [0.2, 0.25) is 0 Å². The van der Waals surface area contributed by atoms with E-state index in [1.54, 1.807) is 18.2 Å². The maximum Gasteiger partial charge on any atom is 0.255 e. The molecule has 1 aromatic rings. The largest absolute Gasteiger partial charge is 0.490 e. The molecule has 2 rings (SSSR count). The van der Waals surface area contributed by atoms with E-state index in [2.05, 4.69) is 10.6 Å². The number of Topliss-reactive ketones (excluding diaryl/α,β-unsaturated/α-hetero) is 1. The molecule has 1 aliphatic heterocycles. The first-order valence-corrected chi connectivity index (χ1v) is 8.21. The Kier molecular flexibility index (Phi) is 5.97. The van der Waals surface area contributed by atoms with E-state index >= 15 is 0 Å². The van der Waals surface area contributed by atoms with Crippen LogP contribution in [0.4, 0.5) is 0 Å². The van der Waals surface area contributed by atoms with Crippen molar-refractivity contribution in [3.05, 3.63) is 35.0 Å². The Hall–Kier alpha value is -2.61. The molecule has 1 aliphatic rings. The van der Waals surface area contributed by atoms with Gasteiger partial charge in [-0.05, 0) is 50.7 Å². The fraction of sp³-hybridized carbons (Fsp3) is 0.353. The molecule has 0 bridgehead atoms. The second-order valence-electron chi connectivity index (χ2n) is 5.52. The molecule has 0 aromatic heterocycles. The lowest BCUT2D eigenvalue weighted by atomic mass is 9.93. The van der Waals surface area contributed by atoms with Gasteiger partial charge in [-0.2, -0.15) is 0 Å². The van der Waals surface area contributed by atoms with E-state index in [0.717, 1.165) is 5.56 Å². The van der Waals surface area contributed by atoms with Crippen LogP contribution in [-0.4, -0.2) is 30.0 Å². The minimum atomic E-state index is -0.575. The molecule has 7 nitrogen and oxygen atoms in total. The molecule has 1 heterocycles. The number of hydrogen-bond donors (Lipinski definition) is 3. The predicted octanol–water partition coefficient (Wildman–Crippen LogP) is 1.33.